The first kappa shape index (κ1) is 12.1. The molecule has 2 heterocycles. The maximum absolute atomic E-state index is 8.84. The van der Waals surface area contributed by atoms with E-state index in [0.29, 0.717) is 12.3 Å². The Hall–Kier alpha value is -1.41. The molecule has 0 saturated carbocycles. The van der Waals surface area contributed by atoms with Crippen LogP contribution in [0.4, 0.5) is 0 Å². The minimum Gasteiger partial charge on any atom is -0.381 e. The molecule has 0 amide bonds. The molecule has 17 heavy (non-hydrogen) atoms. The molecule has 0 spiro atoms. The van der Waals surface area contributed by atoms with E-state index >= 15 is 0 Å². The Morgan fingerprint density at radius 3 is 2.76 bits per heavy atom. The minimum absolute atomic E-state index is 0.285. The van der Waals surface area contributed by atoms with Gasteiger partial charge in [-0.1, -0.05) is 5.21 Å². The number of hydrogen-bond donors (Lipinski definition) is 0. The second-order valence-corrected chi connectivity index (χ2v) is 4.68. The molecule has 1 aromatic rings. The average Bonchev–Trinajstić information content (AvgIpc) is 2.74. The molecule has 0 unspecified atom stereocenters. The number of aromatic nitrogens is 3. The second-order valence-electron chi connectivity index (χ2n) is 4.68. The molecule has 1 fully saturated rings. The fourth-order valence-corrected chi connectivity index (χ4v) is 2.31. The van der Waals surface area contributed by atoms with Crippen LogP contribution in [0.2, 0.25) is 0 Å². The molecule has 1 aromatic heterocycles. The van der Waals surface area contributed by atoms with Gasteiger partial charge in [-0.3, -0.25) is 0 Å². The molecule has 0 N–H and O–H groups in total. The number of ether oxygens (including phenoxy) is 1. The van der Waals surface area contributed by atoms with Crippen molar-refractivity contribution in [3.63, 3.8) is 0 Å². The number of rotatable bonds is 3. The van der Waals surface area contributed by atoms with Gasteiger partial charge in [-0.25, -0.2) is 4.68 Å². The highest BCUT2D eigenvalue weighted by molar-refractivity contribution is 5.20. The molecule has 1 aliphatic rings. The van der Waals surface area contributed by atoms with Crippen LogP contribution in [-0.4, -0.2) is 28.2 Å². The topological polar surface area (TPSA) is 63.7 Å². The monoisotopic (exact) mass is 234 g/mol. The van der Waals surface area contributed by atoms with Crippen LogP contribution in [-0.2, 0) is 11.2 Å². The SMILES string of the molecule is CC(C)n1nnc(CC#N)c1C1CCOCC1. The van der Waals surface area contributed by atoms with Crippen molar-refractivity contribution in [1.29, 1.82) is 5.26 Å². The Morgan fingerprint density at radius 1 is 1.47 bits per heavy atom. The van der Waals surface area contributed by atoms with Crippen LogP contribution in [0, 0.1) is 11.3 Å². The predicted octanol–water partition coefficient (Wildman–Crippen LogP) is 1.82. The lowest BCUT2D eigenvalue weighted by atomic mass is 9.94. The van der Waals surface area contributed by atoms with E-state index in [-0.39, 0.29) is 6.04 Å². The van der Waals surface area contributed by atoms with Gasteiger partial charge in [-0.05, 0) is 26.7 Å². The van der Waals surface area contributed by atoms with Crippen LogP contribution < -0.4 is 0 Å². The summed E-state index contributed by atoms with van der Waals surface area (Å²) in [6.45, 7) is 5.77. The second kappa shape index (κ2) is 5.28. The van der Waals surface area contributed by atoms with Gasteiger partial charge in [0.25, 0.3) is 0 Å². The summed E-state index contributed by atoms with van der Waals surface area (Å²) in [5.41, 5.74) is 1.98. The Labute approximate surface area is 101 Å². The molecule has 0 bridgehead atoms. The first-order valence-corrected chi connectivity index (χ1v) is 6.12. The van der Waals surface area contributed by atoms with Crippen molar-refractivity contribution in [2.75, 3.05) is 13.2 Å². The molecular weight excluding hydrogens is 216 g/mol. The van der Waals surface area contributed by atoms with E-state index in [9.17, 15) is 0 Å². The van der Waals surface area contributed by atoms with E-state index in [1.807, 2.05) is 4.68 Å². The first-order chi connectivity index (χ1) is 8.24. The smallest absolute Gasteiger partial charge is 0.100 e. The lowest BCUT2D eigenvalue weighted by Gasteiger charge is -2.24. The van der Waals surface area contributed by atoms with Crippen LogP contribution in [0.25, 0.3) is 0 Å². The summed E-state index contributed by atoms with van der Waals surface area (Å²) in [6, 6.07) is 2.45. The number of nitrogens with zero attached hydrogens (tertiary/aromatic N) is 4. The van der Waals surface area contributed by atoms with Gasteiger partial charge in [-0.15, -0.1) is 5.10 Å². The van der Waals surface area contributed by atoms with Crippen molar-refractivity contribution in [2.45, 2.75) is 45.1 Å². The van der Waals surface area contributed by atoms with E-state index in [1.54, 1.807) is 0 Å². The van der Waals surface area contributed by atoms with E-state index < -0.39 is 0 Å². The Morgan fingerprint density at radius 2 is 2.18 bits per heavy atom. The van der Waals surface area contributed by atoms with E-state index in [2.05, 4.69) is 30.2 Å². The van der Waals surface area contributed by atoms with Crippen molar-refractivity contribution < 1.29 is 4.74 Å². The molecule has 5 heteroatoms. The van der Waals surface area contributed by atoms with Crippen molar-refractivity contribution in [2.24, 2.45) is 0 Å². The molecule has 0 aromatic carbocycles. The normalized spacial score (nSPS) is 17.3. The van der Waals surface area contributed by atoms with Gasteiger partial charge in [-0.2, -0.15) is 5.26 Å². The summed E-state index contributed by atoms with van der Waals surface area (Å²) in [5.74, 6) is 0.435. The zero-order chi connectivity index (χ0) is 12.3. The van der Waals surface area contributed by atoms with E-state index in [0.717, 1.165) is 37.4 Å². The summed E-state index contributed by atoms with van der Waals surface area (Å²) in [5, 5.41) is 17.2. The minimum atomic E-state index is 0.285. The number of hydrogen-bond acceptors (Lipinski definition) is 4. The molecule has 0 aliphatic carbocycles. The van der Waals surface area contributed by atoms with Gasteiger partial charge in [0.2, 0.25) is 0 Å². The van der Waals surface area contributed by atoms with Crippen molar-refractivity contribution in [3.05, 3.63) is 11.4 Å². The molecule has 1 aliphatic heterocycles. The quantitative estimate of drug-likeness (QED) is 0.800. The fraction of sp³-hybridized carbons (Fsp3) is 0.750. The number of nitriles is 1. The Balaban J connectivity index is 2.33. The zero-order valence-electron chi connectivity index (χ0n) is 10.4. The van der Waals surface area contributed by atoms with Gasteiger partial charge in [0.15, 0.2) is 0 Å². The summed E-state index contributed by atoms with van der Waals surface area (Å²) in [7, 11) is 0. The Kier molecular flexibility index (Phi) is 3.75. The van der Waals surface area contributed by atoms with Crippen LogP contribution in [0.1, 0.15) is 50.0 Å². The summed E-state index contributed by atoms with van der Waals surface area (Å²) in [4.78, 5) is 0. The maximum atomic E-state index is 8.84. The largest absolute Gasteiger partial charge is 0.381 e. The molecule has 0 atom stereocenters. The predicted molar refractivity (Wildman–Crippen MR) is 62.5 cm³/mol. The molecule has 1 saturated heterocycles. The van der Waals surface area contributed by atoms with Crippen LogP contribution in [0.15, 0.2) is 0 Å². The van der Waals surface area contributed by atoms with E-state index in [1.165, 1.54) is 0 Å². The zero-order valence-corrected chi connectivity index (χ0v) is 10.4. The third-order valence-electron chi connectivity index (χ3n) is 3.15. The molecule has 2 rings (SSSR count). The van der Waals surface area contributed by atoms with Crippen molar-refractivity contribution in [3.8, 4) is 6.07 Å². The van der Waals surface area contributed by atoms with Gasteiger partial charge < -0.3 is 4.74 Å². The standard InChI is InChI=1S/C12H18N4O/c1-9(2)16-12(10-4-7-17-8-5-10)11(3-6-13)14-15-16/h9-10H,3-5,7-8H2,1-2H3. The van der Waals surface area contributed by atoms with Crippen molar-refractivity contribution >= 4 is 0 Å². The summed E-state index contributed by atoms with van der Waals surface area (Å²) < 4.78 is 7.34. The lowest BCUT2D eigenvalue weighted by Crippen LogP contribution is -2.19. The van der Waals surface area contributed by atoms with Gasteiger partial charge in [0.05, 0.1) is 18.2 Å². The van der Waals surface area contributed by atoms with Gasteiger partial charge >= 0.3 is 0 Å². The first-order valence-electron chi connectivity index (χ1n) is 6.12. The van der Waals surface area contributed by atoms with E-state index in [4.69, 9.17) is 10.00 Å². The molecule has 92 valence electrons. The third-order valence-corrected chi connectivity index (χ3v) is 3.15. The van der Waals surface area contributed by atoms with Crippen LogP contribution in [0.5, 0.6) is 0 Å². The highest BCUT2D eigenvalue weighted by Gasteiger charge is 2.25. The molecule has 0 radical (unpaired) electrons. The Bertz CT molecular complexity index is 413. The third kappa shape index (κ3) is 2.47. The highest BCUT2D eigenvalue weighted by atomic mass is 16.5. The fourth-order valence-electron chi connectivity index (χ4n) is 2.31. The summed E-state index contributed by atoms with van der Waals surface area (Å²) in [6.07, 6.45) is 2.34. The van der Waals surface area contributed by atoms with Crippen LogP contribution >= 0.6 is 0 Å². The molecule has 5 nitrogen and oxygen atoms in total. The lowest BCUT2D eigenvalue weighted by molar-refractivity contribution is 0.0830. The van der Waals surface area contributed by atoms with Crippen LogP contribution in [0.3, 0.4) is 0 Å². The van der Waals surface area contributed by atoms with Gasteiger partial charge in [0.1, 0.15) is 5.69 Å². The highest BCUT2D eigenvalue weighted by Crippen LogP contribution is 2.30. The average molecular weight is 234 g/mol. The maximum Gasteiger partial charge on any atom is 0.100 e. The van der Waals surface area contributed by atoms with Gasteiger partial charge in [0, 0.05) is 25.2 Å². The molecular formula is C12H18N4O. The van der Waals surface area contributed by atoms with Crippen molar-refractivity contribution in [1.82, 2.24) is 15.0 Å². The summed E-state index contributed by atoms with van der Waals surface area (Å²) >= 11 is 0.